The van der Waals surface area contributed by atoms with Crippen LogP contribution in [0.2, 0.25) is 5.02 Å². The Bertz CT molecular complexity index is 595. The third-order valence-electron chi connectivity index (χ3n) is 3.69. The smallest absolute Gasteiger partial charge is 0.0590 e. The van der Waals surface area contributed by atoms with E-state index in [2.05, 4.69) is 41.9 Å². The number of benzene rings is 1. The van der Waals surface area contributed by atoms with Crippen molar-refractivity contribution < 1.29 is 0 Å². The van der Waals surface area contributed by atoms with E-state index in [1.165, 1.54) is 22.4 Å². The second-order valence-corrected chi connectivity index (χ2v) is 5.25. The van der Waals surface area contributed by atoms with E-state index < -0.39 is 0 Å². The molecule has 2 aromatic rings. The lowest BCUT2D eigenvalue weighted by molar-refractivity contribution is 0.728. The van der Waals surface area contributed by atoms with E-state index >= 15 is 0 Å². The molecule has 0 saturated carbocycles. The zero-order chi connectivity index (χ0) is 12.7. The Morgan fingerprint density at radius 2 is 2.17 bits per heavy atom. The maximum absolute atomic E-state index is 6.08. The van der Waals surface area contributed by atoms with Crippen LogP contribution in [-0.4, -0.2) is 4.98 Å². The fourth-order valence-electron chi connectivity index (χ4n) is 2.64. The number of pyridine rings is 1. The fraction of sp³-hybridized carbons (Fsp3) is 0.267. The molecule has 0 fully saturated rings. The summed E-state index contributed by atoms with van der Waals surface area (Å²) >= 11 is 6.08. The first-order valence-electron chi connectivity index (χ1n) is 6.12. The van der Waals surface area contributed by atoms with Crippen molar-refractivity contribution in [3.8, 4) is 0 Å². The zero-order valence-electron chi connectivity index (χ0n) is 10.5. The van der Waals surface area contributed by atoms with Gasteiger partial charge in [-0.3, -0.25) is 4.98 Å². The van der Waals surface area contributed by atoms with Gasteiger partial charge in [0.2, 0.25) is 0 Å². The summed E-state index contributed by atoms with van der Waals surface area (Å²) in [5, 5.41) is 0.811. The number of nitrogens with zero attached hydrogens (tertiary/aromatic N) is 2. The molecule has 1 atom stereocenters. The highest BCUT2D eigenvalue weighted by molar-refractivity contribution is 6.30. The third kappa shape index (κ3) is 1.77. The predicted octanol–water partition coefficient (Wildman–Crippen LogP) is 4.12. The number of hydrogen-bond acceptors (Lipinski definition) is 2. The van der Waals surface area contributed by atoms with Crippen LogP contribution in [-0.2, 0) is 6.54 Å². The lowest BCUT2D eigenvalue weighted by atomic mass is 10.1. The number of aromatic nitrogens is 1. The Kier molecular flexibility index (Phi) is 2.75. The number of rotatable bonds is 1. The average molecular weight is 259 g/mol. The minimum atomic E-state index is 0.349. The second-order valence-electron chi connectivity index (χ2n) is 4.81. The highest BCUT2D eigenvalue weighted by Crippen LogP contribution is 2.39. The van der Waals surface area contributed by atoms with E-state index in [-0.39, 0.29) is 0 Å². The quantitative estimate of drug-likeness (QED) is 0.765. The van der Waals surface area contributed by atoms with Crippen LogP contribution < -0.4 is 4.90 Å². The number of fused-ring (bicyclic) bond motifs is 1. The van der Waals surface area contributed by atoms with Gasteiger partial charge >= 0.3 is 0 Å². The second kappa shape index (κ2) is 4.29. The number of halogens is 1. The van der Waals surface area contributed by atoms with Crippen molar-refractivity contribution in [1.82, 2.24) is 4.98 Å². The van der Waals surface area contributed by atoms with Crippen molar-refractivity contribution in [3.05, 3.63) is 58.4 Å². The van der Waals surface area contributed by atoms with Crippen LogP contribution in [0.3, 0.4) is 0 Å². The molecule has 92 valence electrons. The molecule has 0 aliphatic carbocycles. The lowest BCUT2D eigenvalue weighted by Crippen LogP contribution is -2.20. The van der Waals surface area contributed by atoms with Crippen LogP contribution in [0.4, 0.5) is 5.69 Å². The Morgan fingerprint density at radius 3 is 2.94 bits per heavy atom. The molecule has 1 unspecified atom stereocenters. The molecular weight excluding hydrogens is 244 g/mol. The average Bonchev–Trinajstić information content (AvgIpc) is 2.68. The van der Waals surface area contributed by atoms with Gasteiger partial charge < -0.3 is 4.90 Å². The van der Waals surface area contributed by atoms with E-state index in [1.54, 1.807) is 0 Å². The van der Waals surface area contributed by atoms with E-state index in [0.29, 0.717) is 6.04 Å². The monoisotopic (exact) mass is 258 g/mol. The summed E-state index contributed by atoms with van der Waals surface area (Å²) in [5.41, 5.74) is 5.15. The maximum Gasteiger partial charge on any atom is 0.0590 e. The number of hydrogen-bond donors (Lipinski definition) is 0. The molecule has 1 aliphatic heterocycles. The summed E-state index contributed by atoms with van der Waals surface area (Å²) in [6.45, 7) is 5.27. The van der Waals surface area contributed by atoms with Gasteiger partial charge in [0.1, 0.15) is 0 Å². The topological polar surface area (TPSA) is 16.1 Å². The Labute approximate surface area is 112 Å². The molecule has 0 saturated heterocycles. The SMILES string of the molecule is Cc1ccncc1N1Cc2ccc(Cl)cc2C1C. The molecule has 1 aromatic heterocycles. The standard InChI is InChI=1S/C15H15ClN2/c1-10-5-6-17-8-15(10)18-9-12-3-4-13(16)7-14(12)11(18)2/h3-8,11H,9H2,1-2H3. The normalized spacial score (nSPS) is 17.9. The molecule has 3 heteroatoms. The molecule has 0 radical (unpaired) electrons. The van der Waals surface area contributed by atoms with Gasteiger partial charge in [-0.25, -0.2) is 0 Å². The van der Waals surface area contributed by atoms with Gasteiger partial charge in [0, 0.05) is 17.8 Å². The van der Waals surface area contributed by atoms with E-state index in [9.17, 15) is 0 Å². The first-order valence-corrected chi connectivity index (χ1v) is 6.50. The molecule has 0 amide bonds. The fourth-order valence-corrected chi connectivity index (χ4v) is 2.82. The number of aryl methyl sites for hydroxylation is 1. The van der Waals surface area contributed by atoms with Gasteiger partial charge in [0.05, 0.1) is 17.9 Å². The minimum absolute atomic E-state index is 0.349. The van der Waals surface area contributed by atoms with Crippen molar-refractivity contribution in [2.75, 3.05) is 4.90 Å². The summed E-state index contributed by atoms with van der Waals surface area (Å²) in [6.07, 6.45) is 3.78. The van der Waals surface area contributed by atoms with Gasteiger partial charge in [-0.15, -0.1) is 0 Å². The van der Waals surface area contributed by atoms with Crippen molar-refractivity contribution in [3.63, 3.8) is 0 Å². The van der Waals surface area contributed by atoms with Gasteiger partial charge in [-0.1, -0.05) is 17.7 Å². The Morgan fingerprint density at radius 1 is 1.33 bits per heavy atom. The minimum Gasteiger partial charge on any atom is -0.359 e. The van der Waals surface area contributed by atoms with Crippen molar-refractivity contribution >= 4 is 17.3 Å². The van der Waals surface area contributed by atoms with Crippen LogP contribution >= 0.6 is 11.6 Å². The van der Waals surface area contributed by atoms with E-state index in [4.69, 9.17) is 11.6 Å². The molecule has 1 aliphatic rings. The van der Waals surface area contributed by atoms with Crippen LogP contribution in [0.1, 0.15) is 29.7 Å². The largest absolute Gasteiger partial charge is 0.359 e. The molecule has 2 heterocycles. The Hall–Kier alpha value is -1.54. The van der Waals surface area contributed by atoms with Gasteiger partial charge in [-0.05, 0) is 48.7 Å². The van der Waals surface area contributed by atoms with Crippen molar-refractivity contribution in [2.24, 2.45) is 0 Å². The molecule has 3 rings (SSSR count). The molecule has 0 spiro atoms. The summed E-state index contributed by atoms with van der Waals surface area (Å²) < 4.78 is 0. The summed E-state index contributed by atoms with van der Waals surface area (Å²) in [4.78, 5) is 6.62. The van der Waals surface area contributed by atoms with E-state index in [0.717, 1.165) is 11.6 Å². The zero-order valence-corrected chi connectivity index (χ0v) is 11.3. The van der Waals surface area contributed by atoms with Crippen LogP contribution in [0.5, 0.6) is 0 Å². The van der Waals surface area contributed by atoms with Gasteiger partial charge in [0.15, 0.2) is 0 Å². The molecule has 0 bridgehead atoms. The molecule has 2 nitrogen and oxygen atoms in total. The van der Waals surface area contributed by atoms with Crippen LogP contribution in [0, 0.1) is 6.92 Å². The molecular formula is C15H15ClN2. The first-order chi connectivity index (χ1) is 8.66. The first kappa shape index (κ1) is 11.5. The third-order valence-corrected chi connectivity index (χ3v) is 3.92. The molecule has 1 aromatic carbocycles. The summed E-state index contributed by atoms with van der Waals surface area (Å²) in [7, 11) is 0. The van der Waals surface area contributed by atoms with Crippen molar-refractivity contribution in [1.29, 1.82) is 0 Å². The van der Waals surface area contributed by atoms with Crippen LogP contribution in [0.25, 0.3) is 0 Å². The molecule has 18 heavy (non-hydrogen) atoms. The highest BCUT2D eigenvalue weighted by atomic mass is 35.5. The van der Waals surface area contributed by atoms with E-state index in [1.807, 2.05) is 18.5 Å². The summed E-state index contributed by atoms with van der Waals surface area (Å²) in [5.74, 6) is 0. The lowest BCUT2D eigenvalue weighted by Gasteiger charge is -2.25. The van der Waals surface area contributed by atoms with Crippen molar-refractivity contribution in [2.45, 2.75) is 26.4 Å². The van der Waals surface area contributed by atoms with Crippen LogP contribution in [0.15, 0.2) is 36.7 Å². The summed E-state index contributed by atoms with van der Waals surface area (Å²) in [6, 6.07) is 8.57. The highest BCUT2D eigenvalue weighted by Gasteiger charge is 2.27. The maximum atomic E-state index is 6.08. The Balaban J connectivity index is 2.02. The van der Waals surface area contributed by atoms with Gasteiger partial charge in [0.25, 0.3) is 0 Å². The molecule has 0 N–H and O–H groups in total. The van der Waals surface area contributed by atoms with Gasteiger partial charge in [-0.2, -0.15) is 0 Å². The number of anilines is 1. The predicted molar refractivity (Wildman–Crippen MR) is 75.0 cm³/mol.